The van der Waals surface area contributed by atoms with Crippen molar-refractivity contribution in [1.82, 2.24) is 9.13 Å². The first-order valence-corrected chi connectivity index (χ1v) is 6.85. The normalized spacial score (nSPS) is 11.9. The molecule has 0 fully saturated rings. The molecule has 0 aliphatic heterocycles. The molecule has 0 aromatic carbocycles. The standard InChI is InChI=1S/C14H20N4O4/c1-8(2)22-13(20)9(3)7-16-11-10(6-15)12(19)18(5)14(21)17(11)4/h8-9,16H,7H2,1-5H3. The van der Waals surface area contributed by atoms with Gasteiger partial charge < -0.3 is 10.1 Å². The van der Waals surface area contributed by atoms with Crippen LogP contribution in [0.5, 0.6) is 0 Å². The van der Waals surface area contributed by atoms with Gasteiger partial charge in [0.25, 0.3) is 5.56 Å². The lowest BCUT2D eigenvalue weighted by Crippen LogP contribution is -2.40. The Kier molecular flexibility index (Phi) is 5.51. The van der Waals surface area contributed by atoms with Crippen LogP contribution in [-0.4, -0.2) is 27.8 Å². The van der Waals surface area contributed by atoms with Gasteiger partial charge in [-0.1, -0.05) is 6.92 Å². The smallest absolute Gasteiger partial charge is 0.332 e. The van der Waals surface area contributed by atoms with Gasteiger partial charge in [-0.25, -0.2) is 4.79 Å². The summed E-state index contributed by atoms with van der Waals surface area (Å²) in [5.41, 5.74) is -1.40. The quantitative estimate of drug-likeness (QED) is 0.765. The third-order valence-corrected chi connectivity index (χ3v) is 3.11. The predicted molar refractivity (Wildman–Crippen MR) is 80.5 cm³/mol. The van der Waals surface area contributed by atoms with Crippen molar-refractivity contribution in [2.24, 2.45) is 20.0 Å². The summed E-state index contributed by atoms with van der Waals surface area (Å²) in [6.07, 6.45) is -0.224. The van der Waals surface area contributed by atoms with Gasteiger partial charge in [-0.15, -0.1) is 0 Å². The number of carbonyl (C=O) groups is 1. The van der Waals surface area contributed by atoms with E-state index in [0.29, 0.717) is 0 Å². The number of rotatable bonds is 5. The van der Waals surface area contributed by atoms with E-state index in [0.717, 1.165) is 4.57 Å². The molecule has 120 valence electrons. The number of carbonyl (C=O) groups excluding carboxylic acids is 1. The predicted octanol–water partition coefficient (Wildman–Crippen LogP) is -0.0447. The van der Waals surface area contributed by atoms with Crippen molar-refractivity contribution in [2.45, 2.75) is 26.9 Å². The molecular weight excluding hydrogens is 288 g/mol. The minimum absolute atomic E-state index is 0.0970. The zero-order chi connectivity index (χ0) is 17.0. The maximum absolute atomic E-state index is 11.9. The maximum Gasteiger partial charge on any atom is 0.332 e. The Balaban J connectivity index is 3.05. The van der Waals surface area contributed by atoms with E-state index >= 15 is 0 Å². The lowest BCUT2D eigenvalue weighted by Gasteiger charge is -2.17. The Morgan fingerprint density at radius 2 is 1.86 bits per heavy atom. The Morgan fingerprint density at radius 1 is 1.27 bits per heavy atom. The number of aromatic nitrogens is 2. The van der Waals surface area contributed by atoms with E-state index in [4.69, 9.17) is 10.00 Å². The SMILES string of the molecule is CC(C)OC(=O)C(C)CNc1c(C#N)c(=O)n(C)c(=O)n1C. The summed E-state index contributed by atoms with van der Waals surface area (Å²) in [6.45, 7) is 5.29. The molecule has 0 aliphatic carbocycles. The Morgan fingerprint density at radius 3 is 2.36 bits per heavy atom. The van der Waals surface area contributed by atoms with Gasteiger partial charge in [0, 0.05) is 20.6 Å². The number of ether oxygens (including phenoxy) is 1. The molecule has 1 rings (SSSR count). The number of nitrogens with zero attached hydrogens (tertiary/aromatic N) is 3. The first kappa shape index (κ1) is 17.5. The van der Waals surface area contributed by atoms with Gasteiger partial charge in [-0.3, -0.25) is 18.7 Å². The van der Waals surface area contributed by atoms with Crippen LogP contribution in [0.4, 0.5) is 5.82 Å². The highest BCUT2D eigenvalue weighted by molar-refractivity contribution is 5.73. The van der Waals surface area contributed by atoms with E-state index in [9.17, 15) is 14.4 Å². The highest BCUT2D eigenvalue weighted by Crippen LogP contribution is 2.09. The lowest BCUT2D eigenvalue weighted by molar-refractivity contribution is -0.151. The largest absolute Gasteiger partial charge is 0.463 e. The van der Waals surface area contributed by atoms with Crippen molar-refractivity contribution in [2.75, 3.05) is 11.9 Å². The molecule has 1 aromatic heterocycles. The number of hydrogen-bond acceptors (Lipinski definition) is 6. The fourth-order valence-electron chi connectivity index (χ4n) is 1.83. The fraction of sp³-hybridized carbons (Fsp3) is 0.571. The molecule has 0 radical (unpaired) electrons. The molecule has 8 nitrogen and oxygen atoms in total. The highest BCUT2D eigenvalue weighted by Gasteiger charge is 2.19. The summed E-state index contributed by atoms with van der Waals surface area (Å²) in [6, 6.07) is 1.79. The van der Waals surface area contributed by atoms with Crippen molar-refractivity contribution >= 4 is 11.8 Å². The topological polar surface area (TPSA) is 106 Å². The van der Waals surface area contributed by atoms with E-state index in [-0.39, 0.29) is 24.0 Å². The van der Waals surface area contributed by atoms with Crippen LogP contribution < -0.4 is 16.6 Å². The number of nitriles is 1. The Hall–Kier alpha value is -2.56. The molecule has 8 heteroatoms. The molecule has 22 heavy (non-hydrogen) atoms. The van der Waals surface area contributed by atoms with Crippen LogP contribution in [0.2, 0.25) is 0 Å². The molecule has 1 aromatic rings. The number of hydrogen-bond donors (Lipinski definition) is 1. The summed E-state index contributed by atoms with van der Waals surface area (Å²) < 4.78 is 7.10. The molecule has 0 saturated carbocycles. The molecule has 1 N–H and O–H groups in total. The highest BCUT2D eigenvalue weighted by atomic mass is 16.5. The summed E-state index contributed by atoms with van der Waals surface area (Å²) in [4.78, 5) is 35.5. The van der Waals surface area contributed by atoms with Crippen LogP contribution in [0.15, 0.2) is 9.59 Å². The third kappa shape index (κ3) is 3.55. The first-order valence-electron chi connectivity index (χ1n) is 6.85. The monoisotopic (exact) mass is 308 g/mol. The minimum Gasteiger partial charge on any atom is -0.463 e. The molecule has 0 spiro atoms. The summed E-state index contributed by atoms with van der Waals surface area (Å²) in [5, 5.41) is 11.9. The zero-order valence-corrected chi connectivity index (χ0v) is 13.3. The molecule has 1 unspecified atom stereocenters. The molecule has 1 atom stereocenters. The maximum atomic E-state index is 11.9. The minimum atomic E-state index is -0.675. The van der Waals surface area contributed by atoms with E-state index in [1.807, 2.05) is 0 Å². The summed E-state index contributed by atoms with van der Waals surface area (Å²) >= 11 is 0. The lowest BCUT2D eigenvalue weighted by atomic mass is 10.2. The van der Waals surface area contributed by atoms with Crippen molar-refractivity contribution in [3.8, 4) is 6.07 Å². The van der Waals surface area contributed by atoms with E-state index in [2.05, 4.69) is 5.32 Å². The molecule has 0 aliphatic rings. The summed E-state index contributed by atoms with van der Waals surface area (Å²) in [5.74, 6) is -0.789. The van der Waals surface area contributed by atoms with E-state index in [1.54, 1.807) is 26.8 Å². The Bertz CT molecular complexity index is 724. The van der Waals surface area contributed by atoms with Crippen molar-refractivity contribution in [1.29, 1.82) is 5.26 Å². The first-order chi connectivity index (χ1) is 10.2. The van der Waals surface area contributed by atoms with Crippen molar-refractivity contribution < 1.29 is 9.53 Å². The van der Waals surface area contributed by atoms with Crippen LogP contribution in [0.3, 0.4) is 0 Å². The number of nitrogens with one attached hydrogen (secondary N) is 1. The second-order valence-corrected chi connectivity index (χ2v) is 5.31. The molecule has 0 bridgehead atoms. The number of anilines is 1. The fourth-order valence-corrected chi connectivity index (χ4v) is 1.83. The average Bonchev–Trinajstić information content (AvgIpc) is 2.46. The molecule has 0 amide bonds. The van der Waals surface area contributed by atoms with Crippen LogP contribution >= 0.6 is 0 Å². The average molecular weight is 308 g/mol. The van der Waals surface area contributed by atoms with E-state index < -0.39 is 23.1 Å². The van der Waals surface area contributed by atoms with Crippen molar-refractivity contribution in [3.63, 3.8) is 0 Å². The third-order valence-electron chi connectivity index (χ3n) is 3.11. The molecule has 1 heterocycles. The molecular formula is C14H20N4O4. The second-order valence-electron chi connectivity index (χ2n) is 5.31. The van der Waals surface area contributed by atoms with Crippen LogP contribution in [0, 0.1) is 17.2 Å². The van der Waals surface area contributed by atoms with Crippen LogP contribution in [0.1, 0.15) is 26.3 Å². The van der Waals surface area contributed by atoms with Gasteiger partial charge in [-0.05, 0) is 13.8 Å². The van der Waals surface area contributed by atoms with Gasteiger partial charge in [0.05, 0.1) is 12.0 Å². The number of esters is 1. The van der Waals surface area contributed by atoms with Gasteiger partial charge in [-0.2, -0.15) is 5.26 Å². The van der Waals surface area contributed by atoms with Gasteiger partial charge in [0.15, 0.2) is 5.56 Å². The van der Waals surface area contributed by atoms with Crippen molar-refractivity contribution in [3.05, 3.63) is 26.4 Å². The van der Waals surface area contributed by atoms with Gasteiger partial charge in [0.2, 0.25) is 0 Å². The summed E-state index contributed by atoms with van der Waals surface area (Å²) in [7, 11) is 2.75. The molecule has 0 saturated heterocycles. The van der Waals surface area contributed by atoms with Gasteiger partial charge >= 0.3 is 11.7 Å². The van der Waals surface area contributed by atoms with Crippen LogP contribution in [-0.2, 0) is 23.6 Å². The van der Waals surface area contributed by atoms with Crippen LogP contribution in [0.25, 0.3) is 0 Å². The second kappa shape index (κ2) is 6.93. The Labute approximate surface area is 127 Å². The van der Waals surface area contributed by atoms with Gasteiger partial charge in [0.1, 0.15) is 11.9 Å². The van der Waals surface area contributed by atoms with E-state index in [1.165, 1.54) is 18.7 Å². The zero-order valence-electron chi connectivity index (χ0n) is 13.3.